The second-order valence-corrected chi connectivity index (χ2v) is 9.21. The molecular formula is C20H28F4N4O. The molecule has 1 amide bonds. The van der Waals surface area contributed by atoms with Crippen molar-refractivity contribution in [2.75, 3.05) is 26.0 Å². The molecule has 0 spiro atoms. The molecule has 1 aromatic heterocycles. The quantitative estimate of drug-likeness (QED) is 0.678. The number of amides is 1. The van der Waals surface area contributed by atoms with Crippen molar-refractivity contribution in [2.24, 2.45) is 5.92 Å². The van der Waals surface area contributed by atoms with E-state index in [1.165, 1.54) is 0 Å². The Balaban J connectivity index is 1.62. The monoisotopic (exact) mass is 416 g/mol. The van der Waals surface area contributed by atoms with E-state index >= 15 is 0 Å². The number of alkyl halides is 4. The molecule has 1 aromatic rings. The minimum atomic E-state index is -2.77. The van der Waals surface area contributed by atoms with Gasteiger partial charge in [0.2, 0.25) is 17.8 Å². The fourth-order valence-electron chi connectivity index (χ4n) is 4.40. The van der Waals surface area contributed by atoms with E-state index in [0.717, 1.165) is 24.8 Å². The lowest BCUT2D eigenvalue weighted by Crippen LogP contribution is -2.42. The number of hydrogen-bond acceptors (Lipinski definition) is 3. The van der Waals surface area contributed by atoms with Crippen LogP contribution in [0.5, 0.6) is 0 Å². The summed E-state index contributed by atoms with van der Waals surface area (Å²) in [4.78, 5) is 14.6. The van der Waals surface area contributed by atoms with Crippen molar-refractivity contribution >= 4 is 11.7 Å². The first-order valence-corrected chi connectivity index (χ1v) is 10.4. The maximum atomic E-state index is 13.5. The smallest absolute Gasteiger partial charge is 0.249 e. The zero-order valence-electron chi connectivity index (χ0n) is 16.9. The van der Waals surface area contributed by atoms with E-state index in [-0.39, 0.29) is 24.7 Å². The second kappa shape index (κ2) is 7.25. The molecule has 3 aliphatic rings. The summed E-state index contributed by atoms with van der Waals surface area (Å²) >= 11 is 0. The summed E-state index contributed by atoms with van der Waals surface area (Å²) in [5.74, 6) is -6.17. The average molecular weight is 416 g/mol. The van der Waals surface area contributed by atoms with Gasteiger partial charge >= 0.3 is 0 Å². The van der Waals surface area contributed by atoms with Crippen molar-refractivity contribution < 1.29 is 22.4 Å². The molecule has 0 radical (unpaired) electrons. The van der Waals surface area contributed by atoms with Crippen molar-refractivity contribution in [2.45, 2.75) is 75.2 Å². The van der Waals surface area contributed by atoms with E-state index in [0.29, 0.717) is 24.6 Å². The molecule has 0 bridgehead atoms. The van der Waals surface area contributed by atoms with Crippen LogP contribution < -0.4 is 5.32 Å². The number of halogens is 4. The van der Waals surface area contributed by atoms with E-state index in [1.807, 2.05) is 19.0 Å². The highest BCUT2D eigenvalue weighted by Gasteiger charge is 2.50. The van der Waals surface area contributed by atoms with Gasteiger partial charge in [-0.1, -0.05) is 6.42 Å². The zero-order chi connectivity index (χ0) is 21.0. The normalized spacial score (nSPS) is 24.1. The van der Waals surface area contributed by atoms with Gasteiger partial charge in [0.15, 0.2) is 0 Å². The molecular weight excluding hydrogens is 388 g/mol. The highest BCUT2D eigenvalue weighted by Crippen LogP contribution is 2.53. The second-order valence-electron chi connectivity index (χ2n) is 9.21. The van der Waals surface area contributed by atoms with Crippen LogP contribution in [0.3, 0.4) is 0 Å². The van der Waals surface area contributed by atoms with Crippen LogP contribution in [0.15, 0.2) is 0 Å². The van der Waals surface area contributed by atoms with Crippen LogP contribution in [0, 0.1) is 5.92 Å². The molecule has 162 valence electrons. The molecule has 3 aliphatic carbocycles. The summed E-state index contributed by atoms with van der Waals surface area (Å²) in [6.45, 7) is 1.16. The molecule has 9 heteroatoms. The molecule has 1 N–H and O–H groups in total. The topological polar surface area (TPSA) is 50.2 Å². The van der Waals surface area contributed by atoms with Gasteiger partial charge in [0, 0.05) is 49.6 Å². The number of carbonyl (C=O) groups is 1. The number of likely N-dealkylation sites (N-methyl/N-ethyl adjacent to an activating group) is 1. The predicted molar refractivity (Wildman–Crippen MR) is 101 cm³/mol. The van der Waals surface area contributed by atoms with Gasteiger partial charge in [-0.25, -0.2) is 22.2 Å². The van der Waals surface area contributed by atoms with E-state index in [9.17, 15) is 22.4 Å². The maximum absolute atomic E-state index is 13.5. The number of nitrogens with zero attached hydrogens (tertiary/aromatic N) is 3. The van der Waals surface area contributed by atoms with Crippen LogP contribution in [0.1, 0.15) is 68.0 Å². The van der Waals surface area contributed by atoms with Gasteiger partial charge in [0.1, 0.15) is 5.82 Å². The number of anilines is 1. The van der Waals surface area contributed by atoms with Gasteiger partial charge in [-0.2, -0.15) is 5.10 Å². The van der Waals surface area contributed by atoms with Crippen molar-refractivity contribution in [3.05, 3.63) is 11.3 Å². The first-order chi connectivity index (χ1) is 13.5. The first-order valence-electron chi connectivity index (χ1n) is 10.4. The predicted octanol–water partition coefficient (Wildman–Crippen LogP) is 4.21. The molecule has 0 aromatic carbocycles. The fraction of sp³-hybridized carbons (Fsp3) is 0.800. The summed E-state index contributed by atoms with van der Waals surface area (Å²) in [7, 11) is 3.83. The molecule has 5 nitrogen and oxygen atoms in total. The number of carbonyl (C=O) groups excluding carboxylic acids is 1. The van der Waals surface area contributed by atoms with E-state index in [1.54, 1.807) is 4.68 Å². The molecule has 29 heavy (non-hydrogen) atoms. The van der Waals surface area contributed by atoms with Gasteiger partial charge in [-0.15, -0.1) is 0 Å². The zero-order valence-corrected chi connectivity index (χ0v) is 16.9. The Labute approximate surface area is 167 Å². The van der Waals surface area contributed by atoms with Crippen molar-refractivity contribution in [1.29, 1.82) is 0 Å². The van der Waals surface area contributed by atoms with Crippen molar-refractivity contribution in [3.63, 3.8) is 0 Å². The lowest BCUT2D eigenvalue weighted by molar-refractivity contribution is -0.145. The number of nitrogens with one attached hydrogen (secondary N) is 1. The third-order valence-electron chi connectivity index (χ3n) is 6.47. The molecule has 1 heterocycles. The minimum absolute atomic E-state index is 0.186. The first kappa shape index (κ1) is 20.6. The highest BCUT2D eigenvalue weighted by atomic mass is 19.3. The molecule has 0 atom stereocenters. The standard InChI is InChI=1S/C20H28F4N4O/c1-27(2)6-7-28-17(25-18(29)14-10-20(23,24)11-14)15(12-4-3-5-12)16(26-28)13-8-19(21,22)9-13/h12-14H,3-11H2,1-2H3,(H,25,29). The van der Waals surface area contributed by atoms with Gasteiger partial charge < -0.3 is 10.2 Å². The molecule has 3 fully saturated rings. The molecule has 4 rings (SSSR count). The minimum Gasteiger partial charge on any atom is -0.310 e. The lowest BCUT2D eigenvalue weighted by Gasteiger charge is -2.36. The van der Waals surface area contributed by atoms with E-state index in [4.69, 9.17) is 0 Å². The summed E-state index contributed by atoms with van der Waals surface area (Å²) in [6, 6.07) is 0. The van der Waals surface area contributed by atoms with Crippen LogP contribution in [-0.4, -0.2) is 53.1 Å². The van der Waals surface area contributed by atoms with Gasteiger partial charge in [-0.05, 0) is 32.9 Å². The largest absolute Gasteiger partial charge is 0.310 e. The van der Waals surface area contributed by atoms with Crippen molar-refractivity contribution in [3.8, 4) is 0 Å². The van der Waals surface area contributed by atoms with Crippen molar-refractivity contribution in [1.82, 2.24) is 14.7 Å². The SMILES string of the molecule is CN(C)CCn1nc(C2CC(F)(F)C2)c(C2CCC2)c1NC(=O)C1CC(F)(F)C1. The van der Waals surface area contributed by atoms with Gasteiger partial charge in [-0.3, -0.25) is 4.79 Å². The number of aromatic nitrogens is 2. The van der Waals surface area contributed by atoms with Gasteiger partial charge in [0.25, 0.3) is 0 Å². The summed E-state index contributed by atoms with van der Waals surface area (Å²) in [5, 5.41) is 7.51. The van der Waals surface area contributed by atoms with Crippen LogP contribution in [0.25, 0.3) is 0 Å². The van der Waals surface area contributed by atoms with E-state index < -0.39 is 36.5 Å². The molecule has 0 saturated heterocycles. The molecule has 0 aliphatic heterocycles. The maximum Gasteiger partial charge on any atom is 0.249 e. The Hall–Kier alpha value is -1.64. The Bertz CT molecular complexity index is 772. The molecule has 3 saturated carbocycles. The van der Waals surface area contributed by atoms with Crippen LogP contribution in [-0.2, 0) is 11.3 Å². The van der Waals surface area contributed by atoms with Crippen LogP contribution >= 0.6 is 0 Å². The average Bonchev–Trinajstić information content (AvgIpc) is 2.85. The fourth-order valence-corrected chi connectivity index (χ4v) is 4.40. The Morgan fingerprint density at radius 2 is 1.72 bits per heavy atom. The van der Waals surface area contributed by atoms with E-state index in [2.05, 4.69) is 10.4 Å². The van der Waals surface area contributed by atoms with Crippen LogP contribution in [0.4, 0.5) is 23.4 Å². The summed E-state index contributed by atoms with van der Waals surface area (Å²) in [6.07, 6.45) is 1.59. The Morgan fingerprint density at radius 3 is 2.21 bits per heavy atom. The van der Waals surface area contributed by atoms with Crippen LogP contribution in [0.2, 0.25) is 0 Å². The molecule has 0 unspecified atom stereocenters. The number of rotatable bonds is 7. The third-order valence-corrected chi connectivity index (χ3v) is 6.47. The number of hydrogen-bond donors (Lipinski definition) is 1. The summed E-state index contributed by atoms with van der Waals surface area (Å²) in [5.41, 5.74) is 1.52. The van der Waals surface area contributed by atoms with Gasteiger partial charge in [0.05, 0.1) is 12.2 Å². The summed E-state index contributed by atoms with van der Waals surface area (Å²) < 4.78 is 55.2. The Kier molecular flexibility index (Phi) is 5.16. The Morgan fingerprint density at radius 1 is 1.10 bits per heavy atom. The lowest BCUT2D eigenvalue weighted by atomic mass is 9.72. The highest BCUT2D eigenvalue weighted by molar-refractivity contribution is 5.93. The third kappa shape index (κ3) is 4.15.